The van der Waals surface area contributed by atoms with E-state index in [1.165, 1.54) is 36.0 Å². The molecule has 0 spiro atoms. The summed E-state index contributed by atoms with van der Waals surface area (Å²) in [7, 11) is 0. The van der Waals surface area contributed by atoms with Crippen molar-refractivity contribution in [3.63, 3.8) is 0 Å². The first-order chi connectivity index (χ1) is 13.1. The molecule has 2 N–H and O–H groups in total. The van der Waals surface area contributed by atoms with Crippen LogP contribution in [0.15, 0.2) is 35.3 Å². The number of benzene rings is 1. The van der Waals surface area contributed by atoms with E-state index in [4.69, 9.17) is 9.90 Å². The fourth-order valence-electron chi connectivity index (χ4n) is 3.67. The number of aryl methyl sites for hydroxylation is 1. The van der Waals surface area contributed by atoms with Crippen LogP contribution in [0.4, 0.5) is 0 Å². The van der Waals surface area contributed by atoms with Crippen LogP contribution in [-0.2, 0) is 4.79 Å². The number of likely N-dealkylation sites (tertiary alicyclic amines) is 1. The van der Waals surface area contributed by atoms with Gasteiger partial charge in [0.1, 0.15) is 5.52 Å². The lowest BCUT2D eigenvalue weighted by Gasteiger charge is -2.24. The van der Waals surface area contributed by atoms with Gasteiger partial charge in [0.15, 0.2) is 0 Å². The van der Waals surface area contributed by atoms with Gasteiger partial charge in [0.05, 0.1) is 11.9 Å². The quantitative estimate of drug-likeness (QED) is 0.686. The number of rotatable bonds is 3. The summed E-state index contributed by atoms with van der Waals surface area (Å²) in [5.74, 6) is 0. The summed E-state index contributed by atoms with van der Waals surface area (Å²) in [6.07, 6.45) is 4.23. The van der Waals surface area contributed by atoms with Crippen LogP contribution in [0.25, 0.3) is 16.6 Å². The number of nitrogens with one attached hydrogen (secondary N) is 1. The Kier molecular flexibility index (Phi) is 5.66. The molecule has 8 heteroatoms. The molecule has 3 aromatic rings. The maximum Gasteiger partial charge on any atom is 0.363 e. The third kappa shape index (κ3) is 3.75. The Balaban J connectivity index is 0.000000659. The maximum atomic E-state index is 11.9. The second-order valence-corrected chi connectivity index (χ2v) is 6.58. The minimum atomic E-state index is -0.316. The monoisotopic (exact) mass is 369 g/mol. The largest absolute Gasteiger partial charge is 0.483 e. The standard InChI is InChI=1S/C18H21N5O.CH2O2/c1-12-17(16-11-19-20-18(24)23(16)21-12)15-7-5-6-14(10-15)13(2)22-8-3-4-9-22;2-1-3/h5-7,10-11,13H,3-4,8-9H2,1-2H3,(H,20,24);1H,(H,2,3). The second kappa shape index (κ2) is 8.13. The smallest absolute Gasteiger partial charge is 0.363 e. The number of H-pyrrole nitrogens is 1. The summed E-state index contributed by atoms with van der Waals surface area (Å²) >= 11 is 0. The van der Waals surface area contributed by atoms with Gasteiger partial charge in [0, 0.05) is 11.6 Å². The van der Waals surface area contributed by atoms with Crippen molar-refractivity contribution in [2.45, 2.75) is 32.7 Å². The Morgan fingerprint density at radius 3 is 2.70 bits per heavy atom. The number of carboxylic acid groups (broad SMARTS) is 1. The van der Waals surface area contributed by atoms with Gasteiger partial charge in [0.25, 0.3) is 6.47 Å². The first kappa shape index (κ1) is 18.8. The summed E-state index contributed by atoms with van der Waals surface area (Å²) in [6, 6.07) is 8.95. The van der Waals surface area contributed by atoms with E-state index in [1.807, 2.05) is 6.92 Å². The van der Waals surface area contributed by atoms with Crippen molar-refractivity contribution in [2.24, 2.45) is 0 Å². The number of nitrogens with zero attached hydrogens (tertiary/aromatic N) is 4. The fourth-order valence-corrected chi connectivity index (χ4v) is 3.67. The second-order valence-electron chi connectivity index (χ2n) is 6.58. The molecule has 4 rings (SSSR count). The van der Waals surface area contributed by atoms with Crippen molar-refractivity contribution in [1.82, 2.24) is 24.7 Å². The highest BCUT2D eigenvalue weighted by molar-refractivity contribution is 5.82. The molecule has 1 saturated heterocycles. The summed E-state index contributed by atoms with van der Waals surface area (Å²) < 4.78 is 1.38. The third-order valence-electron chi connectivity index (χ3n) is 4.98. The van der Waals surface area contributed by atoms with E-state index in [9.17, 15) is 4.79 Å². The predicted octanol–water partition coefficient (Wildman–Crippen LogP) is 2.25. The summed E-state index contributed by atoms with van der Waals surface area (Å²) in [5.41, 5.74) is 4.61. The molecule has 1 fully saturated rings. The molecular weight excluding hydrogens is 346 g/mol. The van der Waals surface area contributed by atoms with Crippen LogP contribution < -0.4 is 5.69 Å². The van der Waals surface area contributed by atoms with Crippen molar-refractivity contribution in [3.05, 3.63) is 52.2 Å². The molecule has 2 aromatic heterocycles. The van der Waals surface area contributed by atoms with Gasteiger partial charge in [-0.15, -0.1) is 0 Å². The topological polar surface area (TPSA) is 104 Å². The molecule has 1 aliphatic rings. The van der Waals surface area contributed by atoms with Crippen LogP contribution in [0.2, 0.25) is 0 Å². The van der Waals surface area contributed by atoms with Crippen molar-refractivity contribution in [2.75, 3.05) is 13.1 Å². The zero-order valence-electron chi connectivity index (χ0n) is 15.4. The van der Waals surface area contributed by atoms with Gasteiger partial charge in [-0.2, -0.15) is 14.7 Å². The van der Waals surface area contributed by atoms with Crippen LogP contribution in [0, 0.1) is 6.92 Å². The average Bonchev–Trinajstić information content (AvgIpc) is 3.30. The van der Waals surface area contributed by atoms with Crippen molar-refractivity contribution >= 4 is 12.0 Å². The Morgan fingerprint density at radius 1 is 1.30 bits per heavy atom. The molecule has 142 valence electrons. The van der Waals surface area contributed by atoms with Gasteiger partial charge in [-0.05, 0) is 57.0 Å². The fraction of sp³-hybridized carbons (Fsp3) is 0.368. The zero-order valence-corrected chi connectivity index (χ0v) is 15.4. The number of fused-ring (bicyclic) bond motifs is 1. The molecule has 8 nitrogen and oxygen atoms in total. The number of hydrogen-bond acceptors (Lipinski definition) is 5. The lowest BCUT2D eigenvalue weighted by molar-refractivity contribution is -0.122. The number of aromatic nitrogens is 4. The molecule has 1 unspecified atom stereocenters. The zero-order chi connectivity index (χ0) is 19.4. The van der Waals surface area contributed by atoms with Crippen LogP contribution in [-0.4, -0.2) is 49.4 Å². The highest BCUT2D eigenvalue weighted by Crippen LogP contribution is 2.31. The van der Waals surface area contributed by atoms with Crippen molar-refractivity contribution < 1.29 is 9.90 Å². The van der Waals surface area contributed by atoms with Gasteiger partial charge in [-0.3, -0.25) is 9.69 Å². The number of carbonyl (C=O) groups is 1. The molecule has 0 radical (unpaired) electrons. The molecule has 1 aromatic carbocycles. The molecule has 1 atom stereocenters. The van der Waals surface area contributed by atoms with Gasteiger partial charge in [-0.1, -0.05) is 18.2 Å². The Hall–Kier alpha value is -3.00. The summed E-state index contributed by atoms with van der Waals surface area (Å²) in [4.78, 5) is 22.8. The van der Waals surface area contributed by atoms with Gasteiger partial charge in [-0.25, -0.2) is 9.89 Å². The van der Waals surface area contributed by atoms with E-state index in [0.29, 0.717) is 6.04 Å². The first-order valence-electron chi connectivity index (χ1n) is 8.92. The highest BCUT2D eigenvalue weighted by atomic mass is 16.3. The van der Waals surface area contributed by atoms with E-state index < -0.39 is 0 Å². The van der Waals surface area contributed by atoms with Gasteiger partial charge < -0.3 is 5.11 Å². The molecule has 0 saturated carbocycles. The number of aromatic amines is 1. The molecule has 0 bridgehead atoms. The van der Waals surface area contributed by atoms with E-state index in [-0.39, 0.29) is 12.2 Å². The Labute approximate surface area is 156 Å². The molecule has 0 amide bonds. The highest BCUT2D eigenvalue weighted by Gasteiger charge is 2.20. The van der Waals surface area contributed by atoms with E-state index in [2.05, 4.69) is 51.4 Å². The average molecular weight is 369 g/mol. The van der Waals surface area contributed by atoms with Crippen LogP contribution in [0.1, 0.15) is 37.1 Å². The summed E-state index contributed by atoms with van der Waals surface area (Å²) in [5, 5.41) is 17.6. The van der Waals surface area contributed by atoms with E-state index in [1.54, 1.807) is 6.20 Å². The van der Waals surface area contributed by atoms with Crippen LogP contribution in [0.5, 0.6) is 0 Å². The minimum Gasteiger partial charge on any atom is -0.483 e. The van der Waals surface area contributed by atoms with Crippen molar-refractivity contribution in [1.29, 1.82) is 0 Å². The van der Waals surface area contributed by atoms with E-state index >= 15 is 0 Å². The Morgan fingerprint density at radius 2 is 2.00 bits per heavy atom. The normalized spacial score (nSPS) is 15.3. The van der Waals surface area contributed by atoms with E-state index in [0.717, 1.165) is 22.3 Å². The molecule has 0 aliphatic carbocycles. The predicted molar refractivity (Wildman–Crippen MR) is 102 cm³/mol. The Bertz CT molecular complexity index is 988. The van der Waals surface area contributed by atoms with Gasteiger partial charge >= 0.3 is 5.69 Å². The molecule has 27 heavy (non-hydrogen) atoms. The molecule has 3 heterocycles. The third-order valence-corrected chi connectivity index (χ3v) is 4.98. The number of hydrogen-bond donors (Lipinski definition) is 2. The first-order valence-corrected chi connectivity index (χ1v) is 8.92. The van der Waals surface area contributed by atoms with Crippen LogP contribution >= 0.6 is 0 Å². The van der Waals surface area contributed by atoms with Crippen LogP contribution in [0.3, 0.4) is 0 Å². The maximum absolute atomic E-state index is 11.9. The lowest BCUT2D eigenvalue weighted by atomic mass is 9.99. The molecular formula is C19H23N5O3. The molecule has 1 aliphatic heterocycles. The lowest BCUT2D eigenvalue weighted by Crippen LogP contribution is -2.23. The minimum absolute atomic E-state index is 0.250. The summed E-state index contributed by atoms with van der Waals surface area (Å²) in [6.45, 7) is 6.28. The van der Waals surface area contributed by atoms with Gasteiger partial charge in [0.2, 0.25) is 0 Å². The SMILES string of the molecule is Cc1nn2c(=O)[nH]ncc2c1-c1cccc(C(C)N2CCCC2)c1.O=CO. The van der Waals surface area contributed by atoms with Crippen molar-refractivity contribution in [3.8, 4) is 11.1 Å².